The Kier molecular flexibility index (Phi) is 3.46. The van der Waals surface area contributed by atoms with E-state index >= 15 is 0 Å². The highest BCUT2D eigenvalue weighted by Gasteiger charge is 2.27. The minimum absolute atomic E-state index is 0.372. The van der Waals surface area contributed by atoms with Crippen LogP contribution >= 0.6 is 11.6 Å². The molecule has 0 fully saturated rings. The second-order valence-electron chi connectivity index (χ2n) is 2.51. The van der Waals surface area contributed by atoms with Gasteiger partial charge in [-0.25, -0.2) is 8.78 Å². The van der Waals surface area contributed by atoms with Gasteiger partial charge in [0.05, 0.1) is 16.4 Å². The van der Waals surface area contributed by atoms with Crippen molar-refractivity contribution in [2.45, 2.75) is 12.3 Å². The van der Waals surface area contributed by atoms with Crippen LogP contribution in [0.25, 0.3) is 0 Å². The van der Waals surface area contributed by atoms with Crippen LogP contribution in [-0.4, -0.2) is 9.91 Å². The summed E-state index contributed by atoms with van der Waals surface area (Å²) in [5.74, 6) is -2.00. The Balaban J connectivity index is 3.42. The van der Waals surface area contributed by atoms with Crippen molar-refractivity contribution < 1.29 is 18.1 Å². The Morgan fingerprint density at radius 2 is 2.20 bits per heavy atom. The average molecular weight is 241 g/mol. The molecule has 0 aliphatic carbocycles. The van der Waals surface area contributed by atoms with Crippen LogP contribution in [0.1, 0.15) is 17.7 Å². The summed E-state index contributed by atoms with van der Waals surface area (Å²) in [5, 5.41) is 10.4. The van der Waals surface area contributed by atoms with Gasteiger partial charge in [0, 0.05) is 6.20 Å². The average Bonchev–Trinajstić information content (AvgIpc) is 2.15. The van der Waals surface area contributed by atoms with E-state index in [1.807, 2.05) is 0 Å². The van der Waals surface area contributed by atoms with Gasteiger partial charge < -0.3 is 0 Å². The third-order valence-corrected chi connectivity index (χ3v) is 1.89. The molecule has 0 unspecified atom stereocenters. The maximum Gasteiger partial charge on any atom is 0.327 e. The summed E-state index contributed by atoms with van der Waals surface area (Å²) in [5.41, 5.74) is -2.57. The molecular formula is C7H4ClF3N2O2. The van der Waals surface area contributed by atoms with Gasteiger partial charge in [-0.2, -0.15) is 4.39 Å². The van der Waals surface area contributed by atoms with Gasteiger partial charge >= 0.3 is 5.69 Å². The van der Waals surface area contributed by atoms with Crippen LogP contribution in [0.15, 0.2) is 6.20 Å². The number of nitrogens with zero attached hydrogens (tertiary/aromatic N) is 2. The fourth-order valence-electron chi connectivity index (χ4n) is 0.964. The number of halogens is 4. The van der Waals surface area contributed by atoms with Crippen molar-refractivity contribution in [3.63, 3.8) is 0 Å². The van der Waals surface area contributed by atoms with Gasteiger partial charge in [-0.05, 0) is 0 Å². The Labute approximate surface area is 86.8 Å². The summed E-state index contributed by atoms with van der Waals surface area (Å²) < 4.78 is 37.5. The lowest BCUT2D eigenvalue weighted by Gasteiger charge is -2.04. The van der Waals surface area contributed by atoms with E-state index in [0.29, 0.717) is 6.20 Å². The topological polar surface area (TPSA) is 56.0 Å². The van der Waals surface area contributed by atoms with Crippen molar-refractivity contribution in [3.8, 4) is 0 Å². The zero-order chi connectivity index (χ0) is 11.6. The number of hydrogen-bond acceptors (Lipinski definition) is 3. The van der Waals surface area contributed by atoms with Gasteiger partial charge in [0.15, 0.2) is 0 Å². The van der Waals surface area contributed by atoms with Crippen LogP contribution in [0.5, 0.6) is 0 Å². The molecule has 0 atom stereocenters. The molecule has 1 rings (SSSR count). The van der Waals surface area contributed by atoms with Crippen LogP contribution < -0.4 is 0 Å². The molecule has 1 heterocycles. The van der Waals surface area contributed by atoms with Crippen LogP contribution in [0.2, 0.25) is 0 Å². The third-order valence-electron chi connectivity index (χ3n) is 1.64. The molecule has 0 amide bonds. The van der Waals surface area contributed by atoms with Crippen LogP contribution in [-0.2, 0) is 5.88 Å². The molecule has 0 saturated heterocycles. The summed E-state index contributed by atoms with van der Waals surface area (Å²) in [6.07, 6.45) is -2.61. The summed E-state index contributed by atoms with van der Waals surface area (Å²) in [6, 6.07) is 0. The summed E-state index contributed by atoms with van der Waals surface area (Å²) in [4.78, 5) is 12.6. The van der Waals surface area contributed by atoms with Crippen molar-refractivity contribution in [2.24, 2.45) is 0 Å². The molecule has 0 N–H and O–H groups in total. The van der Waals surface area contributed by atoms with Crippen LogP contribution in [0, 0.1) is 15.9 Å². The zero-order valence-electron chi connectivity index (χ0n) is 7.08. The fraction of sp³-hybridized carbons (Fsp3) is 0.286. The van der Waals surface area contributed by atoms with Crippen LogP contribution in [0.4, 0.5) is 18.9 Å². The highest BCUT2D eigenvalue weighted by Crippen LogP contribution is 2.30. The SMILES string of the molecule is O=[N+]([O-])c1c(CCl)ncc(C(F)F)c1F. The number of pyridine rings is 1. The number of aromatic nitrogens is 1. The smallest absolute Gasteiger partial charge is 0.258 e. The molecule has 0 aromatic carbocycles. The normalized spacial score (nSPS) is 10.7. The predicted molar refractivity (Wildman–Crippen MR) is 45.4 cm³/mol. The van der Waals surface area contributed by atoms with Gasteiger partial charge in [-0.15, -0.1) is 11.6 Å². The first-order valence-electron chi connectivity index (χ1n) is 3.64. The molecule has 1 aromatic rings. The second kappa shape index (κ2) is 4.43. The maximum absolute atomic E-state index is 13.2. The van der Waals surface area contributed by atoms with E-state index in [2.05, 4.69) is 4.98 Å². The summed E-state index contributed by atoms with van der Waals surface area (Å²) in [6.45, 7) is 0. The molecule has 0 radical (unpaired) electrons. The van der Waals surface area contributed by atoms with E-state index in [9.17, 15) is 23.3 Å². The molecule has 0 aliphatic heterocycles. The molecule has 0 spiro atoms. The Bertz CT molecular complexity index is 400. The first-order valence-corrected chi connectivity index (χ1v) is 4.18. The molecule has 0 aliphatic rings. The van der Waals surface area contributed by atoms with E-state index in [4.69, 9.17) is 11.6 Å². The standard InChI is InChI=1S/C7H4ClF3N2O2/c8-1-4-6(13(14)15)5(9)3(2-12-4)7(10)11/h2,7H,1H2. The van der Waals surface area contributed by atoms with Gasteiger partial charge in [0.1, 0.15) is 5.69 Å². The predicted octanol–water partition coefficient (Wildman–Crippen LogP) is 2.81. The Hall–Kier alpha value is -1.37. The fourth-order valence-corrected chi connectivity index (χ4v) is 1.16. The number of hydrogen-bond donors (Lipinski definition) is 0. The molecule has 0 bridgehead atoms. The first-order chi connectivity index (χ1) is 6.99. The van der Waals surface area contributed by atoms with Crippen molar-refractivity contribution in [3.05, 3.63) is 33.4 Å². The molecule has 8 heteroatoms. The third kappa shape index (κ3) is 2.17. The summed E-state index contributed by atoms with van der Waals surface area (Å²) >= 11 is 5.26. The highest BCUT2D eigenvalue weighted by molar-refractivity contribution is 6.17. The lowest BCUT2D eigenvalue weighted by Crippen LogP contribution is -2.04. The van der Waals surface area contributed by atoms with E-state index < -0.39 is 34.3 Å². The van der Waals surface area contributed by atoms with Gasteiger partial charge in [-0.1, -0.05) is 0 Å². The van der Waals surface area contributed by atoms with Crippen LogP contribution in [0.3, 0.4) is 0 Å². The second-order valence-corrected chi connectivity index (χ2v) is 2.78. The minimum atomic E-state index is -3.15. The van der Waals surface area contributed by atoms with Gasteiger partial charge in [0.2, 0.25) is 5.82 Å². The largest absolute Gasteiger partial charge is 0.327 e. The van der Waals surface area contributed by atoms with Crippen molar-refractivity contribution in [2.75, 3.05) is 0 Å². The molecule has 4 nitrogen and oxygen atoms in total. The molecule has 15 heavy (non-hydrogen) atoms. The molecular weight excluding hydrogens is 237 g/mol. The van der Waals surface area contributed by atoms with E-state index in [1.165, 1.54) is 0 Å². The highest BCUT2D eigenvalue weighted by atomic mass is 35.5. The lowest BCUT2D eigenvalue weighted by atomic mass is 10.2. The van der Waals surface area contributed by atoms with E-state index in [1.54, 1.807) is 0 Å². The van der Waals surface area contributed by atoms with Crippen molar-refractivity contribution in [1.29, 1.82) is 0 Å². The number of alkyl halides is 3. The molecule has 1 aromatic heterocycles. The number of rotatable bonds is 3. The monoisotopic (exact) mass is 240 g/mol. The molecule has 82 valence electrons. The lowest BCUT2D eigenvalue weighted by molar-refractivity contribution is -0.388. The summed E-state index contributed by atoms with van der Waals surface area (Å²) in [7, 11) is 0. The molecule has 0 saturated carbocycles. The minimum Gasteiger partial charge on any atom is -0.258 e. The quantitative estimate of drug-likeness (QED) is 0.464. The van der Waals surface area contributed by atoms with Gasteiger partial charge in [-0.3, -0.25) is 15.1 Å². The zero-order valence-corrected chi connectivity index (χ0v) is 7.84. The van der Waals surface area contributed by atoms with Gasteiger partial charge in [0.25, 0.3) is 6.43 Å². The van der Waals surface area contributed by atoms with E-state index in [-0.39, 0.29) is 5.69 Å². The Morgan fingerprint density at radius 1 is 1.60 bits per heavy atom. The van der Waals surface area contributed by atoms with Crippen molar-refractivity contribution >= 4 is 17.3 Å². The van der Waals surface area contributed by atoms with E-state index in [0.717, 1.165) is 0 Å². The Morgan fingerprint density at radius 3 is 2.60 bits per heavy atom. The first kappa shape index (κ1) is 11.7. The van der Waals surface area contributed by atoms with Crippen molar-refractivity contribution in [1.82, 2.24) is 4.98 Å². The maximum atomic E-state index is 13.2. The number of nitro groups is 1.